The Hall–Kier alpha value is -2.28. The summed E-state index contributed by atoms with van der Waals surface area (Å²) in [5.41, 5.74) is 1.77. The van der Waals surface area contributed by atoms with Crippen molar-refractivity contribution in [2.45, 2.75) is 32.1 Å². The molecule has 1 aliphatic carbocycles. The van der Waals surface area contributed by atoms with E-state index in [0.29, 0.717) is 11.6 Å². The molecule has 4 rings (SSSR count). The first-order valence-corrected chi connectivity index (χ1v) is 11.5. The molecule has 2 aromatic rings. The molecule has 7 heteroatoms. The van der Waals surface area contributed by atoms with Crippen molar-refractivity contribution in [3.8, 4) is 5.75 Å². The van der Waals surface area contributed by atoms with Crippen LogP contribution in [0.2, 0.25) is 0 Å². The minimum atomic E-state index is -0.0325. The van der Waals surface area contributed by atoms with Crippen molar-refractivity contribution in [1.82, 2.24) is 10.3 Å². The van der Waals surface area contributed by atoms with Crippen molar-refractivity contribution in [2.24, 2.45) is 5.92 Å². The quantitative estimate of drug-likeness (QED) is 0.779. The van der Waals surface area contributed by atoms with E-state index in [1.807, 2.05) is 17.5 Å². The predicted octanol–water partition coefficient (Wildman–Crippen LogP) is 3.79. The standard InChI is InChI=1S/C22H30N4O2S/c1-28-19-9-7-18(8-10-19)25-11-13-26(14-12-25)22-24-20(16-29-22)21(27)23-15-17-5-3-2-4-6-17/h7-10,16-17H,2-6,11-15H2,1H3,(H,23,27). The van der Waals surface area contributed by atoms with Crippen molar-refractivity contribution in [1.29, 1.82) is 0 Å². The fraction of sp³-hybridized carbons (Fsp3) is 0.545. The van der Waals surface area contributed by atoms with Crippen LogP contribution in [-0.2, 0) is 0 Å². The zero-order valence-electron chi connectivity index (χ0n) is 17.1. The number of nitrogens with zero attached hydrogens (tertiary/aromatic N) is 3. The number of benzene rings is 1. The summed E-state index contributed by atoms with van der Waals surface area (Å²) >= 11 is 1.57. The summed E-state index contributed by atoms with van der Waals surface area (Å²) in [6.07, 6.45) is 6.40. The largest absolute Gasteiger partial charge is 0.497 e. The minimum absolute atomic E-state index is 0.0325. The Bertz CT molecular complexity index is 793. The molecule has 0 radical (unpaired) electrons. The number of ether oxygens (including phenoxy) is 1. The Morgan fingerprint density at radius 1 is 1.10 bits per heavy atom. The smallest absolute Gasteiger partial charge is 0.270 e. The Morgan fingerprint density at radius 3 is 2.48 bits per heavy atom. The molecule has 6 nitrogen and oxygen atoms in total. The van der Waals surface area contributed by atoms with Gasteiger partial charge in [-0.25, -0.2) is 4.98 Å². The maximum atomic E-state index is 12.5. The molecule has 0 unspecified atom stereocenters. The van der Waals surface area contributed by atoms with Crippen molar-refractivity contribution >= 4 is 28.1 Å². The average Bonchev–Trinajstić information content (AvgIpc) is 3.29. The lowest BCUT2D eigenvalue weighted by molar-refractivity contribution is 0.0939. The van der Waals surface area contributed by atoms with Gasteiger partial charge in [0.1, 0.15) is 11.4 Å². The minimum Gasteiger partial charge on any atom is -0.497 e. The van der Waals surface area contributed by atoms with Gasteiger partial charge in [0.05, 0.1) is 7.11 Å². The molecular formula is C22H30N4O2S. The molecule has 1 aromatic heterocycles. The van der Waals surface area contributed by atoms with Crippen LogP contribution in [0.1, 0.15) is 42.6 Å². The number of carbonyl (C=O) groups is 1. The van der Waals surface area contributed by atoms with Crippen molar-refractivity contribution in [3.63, 3.8) is 0 Å². The van der Waals surface area contributed by atoms with Crippen LogP contribution in [0.15, 0.2) is 29.6 Å². The first-order valence-electron chi connectivity index (χ1n) is 10.6. The number of aromatic nitrogens is 1. The van der Waals surface area contributed by atoms with Gasteiger partial charge in [0.2, 0.25) is 0 Å². The number of anilines is 2. The van der Waals surface area contributed by atoms with Crippen molar-refractivity contribution in [3.05, 3.63) is 35.3 Å². The first kappa shape index (κ1) is 20.0. The van der Waals surface area contributed by atoms with Crippen LogP contribution < -0.4 is 19.9 Å². The van der Waals surface area contributed by atoms with Gasteiger partial charge in [0.15, 0.2) is 5.13 Å². The number of amides is 1. The number of rotatable bonds is 6. The molecule has 1 N–H and O–H groups in total. The third-order valence-corrected chi connectivity index (χ3v) is 6.89. The molecular weight excluding hydrogens is 384 g/mol. The topological polar surface area (TPSA) is 57.7 Å². The Kier molecular flexibility index (Phi) is 6.54. The predicted molar refractivity (Wildman–Crippen MR) is 118 cm³/mol. The highest BCUT2D eigenvalue weighted by molar-refractivity contribution is 7.13. The number of piperazine rings is 1. The highest BCUT2D eigenvalue weighted by atomic mass is 32.1. The van der Waals surface area contributed by atoms with E-state index >= 15 is 0 Å². The van der Waals surface area contributed by atoms with Crippen LogP contribution in [0.25, 0.3) is 0 Å². The summed E-state index contributed by atoms with van der Waals surface area (Å²) in [4.78, 5) is 21.7. The van der Waals surface area contributed by atoms with E-state index in [4.69, 9.17) is 4.74 Å². The van der Waals surface area contributed by atoms with Gasteiger partial charge in [0.25, 0.3) is 5.91 Å². The first-order chi connectivity index (χ1) is 14.2. The number of carbonyl (C=O) groups excluding carboxylic acids is 1. The summed E-state index contributed by atoms with van der Waals surface area (Å²) in [5, 5.41) is 5.93. The fourth-order valence-electron chi connectivity index (χ4n) is 4.18. The van der Waals surface area contributed by atoms with Crippen LogP contribution in [0.5, 0.6) is 5.75 Å². The second kappa shape index (κ2) is 9.48. The van der Waals surface area contributed by atoms with E-state index in [1.165, 1.54) is 37.8 Å². The average molecular weight is 415 g/mol. The van der Waals surface area contributed by atoms with Crippen LogP contribution >= 0.6 is 11.3 Å². The molecule has 0 atom stereocenters. The number of hydrogen-bond donors (Lipinski definition) is 1. The van der Waals surface area contributed by atoms with E-state index in [2.05, 4.69) is 32.2 Å². The van der Waals surface area contributed by atoms with Crippen LogP contribution in [0.3, 0.4) is 0 Å². The molecule has 1 amide bonds. The molecule has 1 saturated heterocycles. The zero-order valence-corrected chi connectivity index (χ0v) is 17.9. The second-order valence-electron chi connectivity index (χ2n) is 7.90. The summed E-state index contributed by atoms with van der Waals surface area (Å²) in [6, 6.07) is 8.21. The summed E-state index contributed by atoms with van der Waals surface area (Å²) < 4.78 is 5.24. The van der Waals surface area contributed by atoms with Gasteiger partial charge in [0, 0.05) is 43.8 Å². The van der Waals surface area contributed by atoms with E-state index in [1.54, 1.807) is 18.4 Å². The van der Waals surface area contributed by atoms with E-state index < -0.39 is 0 Å². The van der Waals surface area contributed by atoms with Crippen molar-refractivity contribution in [2.75, 3.05) is 49.6 Å². The van der Waals surface area contributed by atoms with Gasteiger partial charge in [-0.1, -0.05) is 19.3 Å². The van der Waals surface area contributed by atoms with Gasteiger partial charge >= 0.3 is 0 Å². The molecule has 1 aromatic carbocycles. The molecule has 2 fully saturated rings. The lowest BCUT2D eigenvalue weighted by atomic mass is 9.89. The van der Waals surface area contributed by atoms with Gasteiger partial charge in [-0.15, -0.1) is 11.3 Å². The molecule has 0 bridgehead atoms. The van der Waals surface area contributed by atoms with E-state index in [-0.39, 0.29) is 5.91 Å². The number of methoxy groups -OCH3 is 1. The monoisotopic (exact) mass is 414 g/mol. The second-order valence-corrected chi connectivity index (χ2v) is 8.74. The maximum absolute atomic E-state index is 12.5. The molecule has 156 valence electrons. The van der Waals surface area contributed by atoms with Crippen LogP contribution in [0, 0.1) is 5.92 Å². The molecule has 29 heavy (non-hydrogen) atoms. The summed E-state index contributed by atoms with van der Waals surface area (Å²) in [7, 11) is 1.69. The van der Waals surface area contributed by atoms with Crippen LogP contribution in [-0.4, -0.2) is 50.7 Å². The third kappa shape index (κ3) is 5.01. The van der Waals surface area contributed by atoms with Gasteiger partial charge in [-0.2, -0.15) is 0 Å². The van der Waals surface area contributed by atoms with Gasteiger partial charge in [-0.05, 0) is 43.0 Å². The molecule has 0 spiro atoms. The number of thiazole rings is 1. The van der Waals surface area contributed by atoms with Gasteiger partial charge < -0.3 is 19.9 Å². The van der Waals surface area contributed by atoms with Crippen LogP contribution in [0.4, 0.5) is 10.8 Å². The van der Waals surface area contributed by atoms with Gasteiger partial charge in [-0.3, -0.25) is 4.79 Å². The highest BCUT2D eigenvalue weighted by Gasteiger charge is 2.22. The molecule has 2 heterocycles. The molecule has 1 aliphatic heterocycles. The molecule has 1 saturated carbocycles. The Balaban J connectivity index is 1.27. The SMILES string of the molecule is COc1ccc(N2CCN(c3nc(C(=O)NCC4CCCCC4)cs3)CC2)cc1. The maximum Gasteiger partial charge on any atom is 0.270 e. The Morgan fingerprint density at radius 2 is 1.79 bits per heavy atom. The van der Waals surface area contributed by atoms with Crippen molar-refractivity contribution < 1.29 is 9.53 Å². The normalized spacial score (nSPS) is 18.0. The Labute approximate surface area is 176 Å². The zero-order chi connectivity index (χ0) is 20.1. The number of hydrogen-bond acceptors (Lipinski definition) is 6. The fourth-order valence-corrected chi connectivity index (χ4v) is 5.04. The third-order valence-electron chi connectivity index (χ3n) is 5.99. The van der Waals surface area contributed by atoms with E-state index in [9.17, 15) is 4.79 Å². The lowest BCUT2D eigenvalue weighted by Crippen LogP contribution is -2.46. The molecule has 2 aliphatic rings. The highest BCUT2D eigenvalue weighted by Crippen LogP contribution is 2.26. The number of nitrogens with one attached hydrogen (secondary N) is 1. The lowest BCUT2D eigenvalue weighted by Gasteiger charge is -2.36. The summed E-state index contributed by atoms with van der Waals surface area (Å²) in [5.74, 6) is 1.48. The van der Waals surface area contributed by atoms with E-state index in [0.717, 1.165) is 43.6 Å². The summed E-state index contributed by atoms with van der Waals surface area (Å²) in [6.45, 7) is 4.47.